The second-order valence-electron chi connectivity index (χ2n) is 8.40. The fraction of sp³-hybridized carbons (Fsp3) is 0.0645. The number of carbonyl (C=O) groups is 1. The largest absolute Gasteiger partial charge is 0.497 e. The van der Waals surface area contributed by atoms with Crippen molar-refractivity contribution in [3.8, 4) is 28.6 Å². The molecule has 0 amide bonds. The van der Waals surface area contributed by atoms with E-state index in [0.717, 1.165) is 50.3 Å². The lowest BCUT2D eigenvalue weighted by Gasteiger charge is -2.13. The van der Waals surface area contributed by atoms with Crippen LogP contribution >= 0.6 is 0 Å². The third kappa shape index (κ3) is 3.53. The van der Waals surface area contributed by atoms with Gasteiger partial charge >= 0.3 is 5.97 Å². The monoisotopic (exact) mass is 474 g/mol. The van der Waals surface area contributed by atoms with Gasteiger partial charge in [-0.05, 0) is 54.1 Å². The summed E-state index contributed by atoms with van der Waals surface area (Å²) in [6.07, 6.45) is 0. The first-order valence-corrected chi connectivity index (χ1v) is 11.5. The molecule has 2 heterocycles. The third-order valence-corrected chi connectivity index (χ3v) is 6.39. The Morgan fingerprint density at radius 2 is 1.36 bits per heavy atom. The van der Waals surface area contributed by atoms with Crippen molar-refractivity contribution in [2.45, 2.75) is 0 Å². The zero-order valence-corrected chi connectivity index (χ0v) is 19.8. The SMILES string of the molecule is COc1ccc(/C(=C2/C(=O)Oc3ccccc32)c2c(-c3ccc(OC)cc3)oc3ccccc23)cc1. The minimum atomic E-state index is -0.395. The fourth-order valence-electron chi connectivity index (χ4n) is 4.67. The van der Waals surface area contributed by atoms with Gasteiger partial charge in [0.1, 0.15) is 28.6 Å². The average molecular weight is 475 g/mol. The van der Waals surface area contributed by atoms with Gasteiger partial charge in [0.15, 0.2) is 0 Å². The topological polar surface area (TPSA) is 57.9 Å². The summed E-state index contributed by atoms with van der Waals surface area (Å²) < 4.78 is 22.9. The van der Waals surface area contributed by atoms with E-state index < -0.39 is 5.97 Å². The van der Waals surface area contributed by atoms with Gasteiger partial charge in [0.25, 0.3) is 0 Å². The highest BCUT2D eigenvalue weighted by molar-refractivity contribution is 6.32. The first kappa shape index (κ1) is 21.7. The maximum absolute atomic E-state index is 13.4. The van der Waals surface area contributed by atoms with Crippen LogP contribution in [0.15, 0.2) is 101 Å². The van der Waals surface area contributed by atoms with Crippen molar-refractivity contribution >= 4 is 28.1 Å². The molecule has 5 nitrogen and oxygen atoms in total. The number of rotatable bonds is 5. The molecule has 0 spiro atoms. The summed E-state index contributed by atoms with van der Waals surface area (Å²) in [7, 11) is 3.27. The number of hydrogen-bond acceptors (Lipinski definition) is 5. The van der Waals surface area contributed by atoms with Crippen LogP contribution < -0.4 is 14.2 Å². The van der Waals surface area contributed by atoms with E-state index in [9.17, 15) is 4.79 Å². The van der Waals surface area contributed by atoms with Crippen LogP contribution in [0.4, 0.5) is 0 Å². The molecule has 5 heteroatoms. The molecule has 1 aliphatic rings. The predicted octanol–water partition coefficient (Wildman–Crippen LogP) is 7.00. The number of esters is 1. The molecule has 1 aliphatic heterocycles. The molecule has 0 bridgehead atoms. The van der Waals surface area contributed by atoms with Gasteiger partial charge in [0, 0.05) is 27.6 Å². The Morgan fingerprint density at radius 3 is 2.08 bits per heavy atom. The van der Waals surface area contributed by atoms with Gasteiger partial charge in [-0.1, -0.05) is 48.5 Å². The molecular formula is C31H22O5. The smallest absolute Gasteiger partial charge is 0.344 e. The zero-order chi connectivity index (χ0) is 24.6. The van der Waals surface area contributed by atoms with Crippen LogP contribution in [0.25, 0.3) is 33.4 Å². The Kier molecular flexibility index (Phi) is 5.30. The van der Waals surface area contributed by atoms with Crippen LogP contribution in [0.5, 0.6) is 17.2 Å². The van der Waals surface area contributed by atoms with Crippen molar-refractivity contribution in [2.24, 2.45) is 0 Å². The van der Waals surface area contributed by atoms with E-state index in [-0.39, 0.29) is 0 Å². The molecule has 0 saturated heterocycles. The number of ether oxygens (including phenoxy) is 3. The summed E-state index contributed by atoms with van der Waals surface area (Å²) in [5.41, 5.74) is 5.25. The number of methoxy groups -OCH3 is 2. The van der Waals surface area contributed by atoms with Gasteiger partial charge in [0.05, 0.1) is 19.8 Å². The van der Waals surface area contributed by atoms with E-state index in [1.165, 1.54) is 0 Å². The summed E-state index contributed by atoms with van der Waals surface area (Å²) in [5.74, 6) is 2.29. The van der Waals surface area contributed by atoms with Gasteiger partial charge in [-0.2, -0.15) is 0 Å². The molecule has 36 heavy (non-hydrogen) atoms. The molecule has 0 N–H and O–H groups in total. The maximum atomic E-state index is 13.4. The highest BCUT2D eigenvalue weighted by atomic mass is 16.5. The Hall–Kier alpha value is -4.77. The molecule has 0 saturated carbocycles. The van der Waals surface area contributed by atoms with Gasteiger partial charge in [-0.25, -0.2) is 4.79 Å². The van der Waals surface area contributed by atoms with Crippen LogP contribution in [0.1, 0.15) is 16.7 Å². The third-order valence-electron chi connectivity index (χ3n) is 6.39. The van der Waals surface area contributed by atoms with E-state index in [2.05, 4.69) is 0 Å². The molecule has 4 aromatic carbocycles. The van der Waals surface area contributed by atoms with E-state index in [1.807, 2.05) is 97.1 Å². The number of para-hydroxylation sites is 2. The van der Waals surface area contributed by atoms with Gasteiger partial charge < -0.3 is 18.6 Å². The average Bonchev–Trinajstić information content (AvgIpc) is 3.47. The van der Waals surface area contributed by atoms with Crippen molar-refractivity contribution in [1.82, 2.24) is 0 Å². The predicted molar refractivity (Wildman–Crippen MR) is 139 cm³/mol. The number of hydrogen-bond donors (Lipinski definition) is 0. The van der Waals surface area contributed by atoms with Crippen molar-refractivity contribution < 1.29 is 23.4 Å². The zero-order valence-electron chi connectivity index (χ0n) is 19.8. The summed E-state index contributed by atoms with van der Waals surface area (Å²) in [6, 6.07) is 30.7. The standard InChI is InChI=1S/C31H22O5/c1-33-21-15-11-19(12-16-21)27(29-24-8-4-6-10-26(24)36-31(29)32)28-23-7-3-5-9-25(23)35-30(28)20-13-17-22(34-2)18-14-20/h3-18H,1-2H3/b29-27-. The number of carbonyl (C=O) groups excluding carboxylic acids is 1. The van der Waals surface area contributed by atoms with Crippen molar-refractivity contribution in [1.29, 1.82) is 0 Å². The normalized spacial score (nSPS) is 13.9. The quantitative estimate of drug-likeness (QED) is 0.156. The summed E-state index contributed by atoms with van der Waals surface area (Å²) in [4.78, 5) is 13.4. The van der Waals surface area contributed by atoms with Crippen LogP contribution in [-0.4, -0.2) is 20.2 Å². The van der Waals surface area contributed by atoms with E-state index in [4.69, 9.17) is 18.6 Å². The molecule has 5 aromatic rings. The Labute approximate surface area is 208 Å². The van der Waals surface area contributed by atoms with Crippen molar-refractivity contribution in [2.75, 3.05) is 14.2 Å². The minimum Gasteiger partial charge on any atom is -0.497 e. The van der Waals surface area contributed by atoms with Crippen LogP contribution in [0.2, 0.25) is 0 Å². The molecule has 1 aromatic heterocycles. The van der Waals surface area contributed by atoms with E-state index >= 15 is 0 Å². The van der Waals surface area contributed by atoms with Crippen molar-refractivity contribution in [3.63, 3.8) is 0 Å². The number of fused-ring (bicyclic) bond motifs is 2. The molecule has 0 fully saturated rings. The number of furan rings is 1. The Balaban J connectivity index is 1.72. The second-order valence-corrected chi connectivity index (χ2v) is 8.40. The molecular weight excluding hydrogens is 452 g/mol. The Morgan fingerprint density at radius 1 is 0.722 bits per heavy atom. The lowest BCUT2D eigenvalue weighted by molar-refractivity contribution is -0.126. The van der Waals surface area contributed by atoms with E-state index in [0.29, 0.717) is 17.1 Å². The highest BCUT2D eigenvalue weighted by Crippen LogP contribution is 2.47. The lowest BCUT2D eigenvalue weighted by Crippen LogP contribution is -2.05. The van der Waals surface area contributed by atoms with E-state index in [1.54, 1.807) is 14.2 Å². The molecule has 6 rings (SSSR count). The number of benzene rings is 4. The minimum absolute atomic E-state index is 0.395. The first-order chi connectivity index (χ1) is 17.7. The van der Waals surface area contributed by atoms with Crippen LogP contribution in [0.3, 0.4) is 0 Å². The maximum Gasteiger partial charge on any atom is 0.344 e. The highest BCUT2D eigenvalue weighted by Gasteiger charge is 2.33. The first-order valence-electron chi connectivity index (χ1n) is 11.5. The van der Waals surface area contributed by atoms with Crippen LogP contribution in [-0.2, 0) is 4.79 Å². The van der Waals surface area contributed by atoms with Gasteiger partial charge in [-0.3, -0.25) is 0 Å². The van der Waals surface area contributed by atoms with Crippen LogP contribution in [0, 0.1) is 0 Å². The summed E-state index contributed by atoms with van der Waals surface area (Å²) >= 11 is 0. The lowest BCUT2D eigenvalue weighted by atomic mass is 9.87. The molecule has 176 valence electrons. The Bertz CT molecular complexity index is 1620. The molecule has 0 atom stereocenters. The second kappa shape index (κ2) is 8.78. The molecule has 0 aliphatic carbocycles. The fourth-order valence-corrected chi connectivity index (χ4v) is 4.67. The summed E-state index contributed by atoms with van der Waals surface area (Å²) in [6.45, 7) is 0. The van der Waals surface area contributed by atoms with Gasteiger partial charge in [0.2, 0.25) is 0 Å². The summed E-state index contributed by atoms with van der Waals surface area (Å²) in [5, 5.41) is 0.902. The van der Waals surface area contributed by atoms with Crippen molar-refractivity contribution in [3.05, 3.63) is 114 Å². The molecule has 0 radical (unpaired) electrons. The van der Waals surface area contributed by atoms with Gasteiger partial charge in [-0.15, -0.1) is 0 Å². The molecule has 0 unspecified atom stereocenters.